The Labute approximate surface area is 116 Å². The molecule has 108 valence electrons. The average molecular weight is 277 g/mol. The molecule has 0 radical (unpaired) electrons. The maximum Gasteiger partial charge on any atom is 0.165 e. The van der Waals surface area contributed by atoms with E-state index in [-0.39, 0.29) is 31.1 Å². The van der Waals surface area contributed by atoms with E-state index in [0.717, 1.165) is 24.9 Å². The first-order valence-electron chi connectivity index (χ1n) is 6.89. The number of imidazole rings is 1. The van der Waals surface area contributed by atoms with E-state index in [9.17, 15) is 10.2 Å². The lowest BCUT2D eigenvalue weighted by atomic mass is 9.77. The Bertz CT molecular complexity index is 599. The number of nitrogen functional groups attached to an aromatic ring is 1. The molecule has 2 aromatic rings. The zero-order chi connectivity index (χ0) is 14.1. The van der Waals surface area contributed by atoms with E-state index in [1.54, 1.807) is 6.33 Å². The van der Waals surface area contributed by atoms with Crippen molar-refractivity contribution in [2.24, 2.45) is 11.8 Å². The molecule has 0 bridgehead atoms. The van der Waals surface area contributed by atoms with Crippen molar-refractivity contribution in [3.05, 3.63) is 12.7 Å². The summed E-state index contributed by atoms with van der Waals surface area (Å²) in [4.78, 5) is 12.5. The maximum atomic E-state index is 9.48. The summed E-state index contributed by atoms with van der Waals surface area (Å²) in [6, 6.07) is 0.231. The highest BCUT2D eigenvalue weighted by Crippen LogP contribution is 2.37. The Hall–Kier alpha value is -1.73. The highest BCUT2D eigenvalue weighted by atomic mass is 16.3. The van der Waals surface area contributed by atoms with Crippen LogP contribution in [0.2, 0.25) is 0 Å². The van der Waals surface area contributed by atoms with E-state index < -0.39 is 0 Å². The number of aliphatic hydroxyl groups excluding tert-OH is 2. The van der Waals surface area contributed by atoms with Crippen LogP contribution in [0.1, 0.15) is 25.3 Å². The van der Waals surface area contributed by atoms with Crippen LogP contribution in [0.25, 0.3) is 11.2 Å². The normalized spacial score (nSPS) is 27.0. The number of hydrogen-bond donors (Lipinski definition) is 3. The van der Waals surface area contributed by atoms with Gasteiger partial charge in [-0.1, -0.05) is 0 Å². The quantitative estimate of drug-likeness (QED) is 0.746. The van der Waals surface area contributed by atoms with Crippen molar-refractivity contribution in [2.75, 3.05) is 18.9 Å². The maximum absolute atomic E-state index is 9.48. The first-order valence-corrected chi connectivity index (χ1v) is 6.89. The van der Waals surface area contributed by atoms with Gasteiger partial charge in [-0.3, -0.25) is 0 Å². The van der Waals surface area contributed by atoms with Gasteiger partial charge in [-0.15, -0.1) is 0 Å². The Morgan fingerprint density at radius 1 is 1.15 bits per heavy atom. The molecule has 2 heterocycles. The summed E-state index contributed by atoms with van der Waals surface area (Å²) in [6.07, 6.45) is 5.84. The van der Waals surface area contributed by atoms with Crippen LogP contribution in [-0.2, 0) is 0 Å². The largest absolute Gasteiger partial charge is 0.396 e. The van der Waals surface area contributed by atoms with Crippen molar-refractivity contribution in [3.8, 4) is 0 Å². The summed E-state index contributed by atoms with van der Waals surface area (Å²) in [7, 11) is 0. The molecule has 4 N–H and O–H groups in total. The number of aliphatic hydroxyl groups is 2. The molecular formula is C13H19N5O2. The molecule has 0 saturated heterocycles. The molecular weight excluding hydrogens is 258 g/mol. The van der Waals surface area contributed by atoms with Crippen LogP contribution in [0, 0.1) is 11.8 Å². The van der Waals surface area contributed by atoms with Gasteiger partial charge in [0.15, 0.2) is 11.5 Å². The standard InChI is InChI=1S/C13H19N5O2/c14-12-11-13(16-6-15-12)18(7-17-11)10-2-1-8(4-19)9(3-10)5-20/h6-10,19-20H,1-5H2,(H2,14,15,16). The number of fused-ring (bicyclic) bond motifs is 1. The third kappa shape index (κ3) is 2.12. The Morgan fingerprint density at radius 2 is 1.95 bits per heavy atom. The highest BCUT2D eigenvalue weighted by Gasteiger charge is 2.31. The fourth-order valence-electron chi connectivity index (χ4n) is 3.16. The minimum Gasteiger partial charge on any atom is -0.396 e. The minimum atomic E-state index is 0.103. The molecule has 1 fully saturated rings. The van der Waals surface area contributed by atoms with Crippen LogP contribution in [0.5, 0.6) is 0 Å². The van der Waals surface area contributed by atoms with E-state index in [4.69, 9.17) is 5.73 Å². The number of anilines is 1. The fourth-order valence-corrected chi connectivity index (χ4v) is 3.16. The van der Waals surface area contributed by atoms with Gasteiger partial charge in [-0.25, -0.2) is 15.0 Å². The number of nitrogens with zero attached hydrogens (tertiary/aromatic N) is 4. The predicted octanol–water partition coefficient (Wildman–Crippen LogP) is 0.350. The van der Waals surface area contributed by atoms with Gasteiger partial charge in [0.05, 0.1) is 6.33 Å². The first kappa shape index (κ1) is 13.3. The molecule has 7 nitrogen and oxygen atoms in total. The van der Waals surface area contributed by atoms with E-state index in [1.165, 1.54) is 6.33 Å². The van der Waals surface area contributed by atoms with Gasteiger partial charge in [-0.05, 0) is 31.1 Å². The lowest BCUT2D eigenvalue weighted by Crippen LogP contribution is -2.31. The Morgan fingerprint density at radius 3 is 2.70 bits per heavy atom. The monoisotopic (exact) mass is 277 g/mol. The molecule has 3 unspecified atom stereocenters. The predicted molar refractivity (Wildman–Crippen MR) is 73.8 cm³/mol. The SMILES string of the molecule is Nc1ncnc2c1ncn2C1CCC(CO)C(CO)C1. The molecule has 0 amide bonds. The fraction of sp³-hybridized carbons (Fsp3) is 0.615. The van der Waals surface area contributed by atoms with E-state index in [1.807, 2.05) is 4.57 Å². The molecule has 1 aliphatic rings. The smallest absolute Gasteiger partial charge is 0.165 e. The molecule has 0 spiro atoms. The van der Waals surface area contributed by atoms with Crippen LogP contribution in [0.15, 0.2) is 12.7 Å². The topological polar surface area (TPSA) is 110 Å². The Balaban J connectivity index is 1.90. The summed E-state index contributed by atoms with van der Waals surface area (Å²) < 4.78 is 2.02. The molecule has 1 saturated carbocycles. The van der Waals surface area contributed by atoms with Gasteiger partial charge in [-0.2, -0.15) is 0 Å². The molecule has 2 aromatic heterocycles. The van der Waals surface area contributed by atoms with Gasteiger partial charge in [0.1, 0.15) is 11.8 Å². The zero-order valence-corrected chi connectivity index (χ0v) is 11.2. The second-order valence-electron chi connectivity index (χ2n) is 5.44. The molecule has 3 rings (SSSR count). The molecule has 0 aromatic carbocycles. The lowest BCUT2D eigenvalue weighted by molar-refractivity contribution is 0.0678. The number of rotatable bonds is 3. The minimum absolute atomic E-state index is 0.103. The van der Waals surface area contributed by atoms with E-state index >= 15 is 0 Å². The zero-order valence-electron chi connectivity index (χ0n) is 11.2. The Kier molecular flexibility index (Phi) is 3.54. The van der Waals surface area contributed by atoms with Crippen molar-refractivity contribution in [3.63, 3.8) is 0 Å². The van der Waals surface area contributed by atoms with Gasteiger partial charge < -0.3 is 20.5 Å². The van der Waals surface area contributed by atoms with Crippen molar-refractivity contribution in [1.29, 1.82) is 0 Å². The number of nitrogens with two attached hydrogens (primary N) is 1. The highest BCUT2D eigenvalue weighted by molar-refractivity contribution is 5.81. The average Bonchev–Trinajstić information content (AvgIpc) is 2.92. The summed E-state index contributed by atoms with van der Waals surface area (Å²) in [5.74, 6) is 0.692. The second kappa shape index (κ2) is 5.34. The van der Waals surface area contributed by atoms with Crippen LogP contribution >= 0.6 is 0 Å². The van der Waals surface area contributed by atoms with Gasteiger partial charge in [0.2, 0.25) is 0 Å². The molecule has 20 heavy (non-hydrogen) atoms. The van der Waals surface area contributed by atoms with Gasteiger partial charge >= 0.3 is 0 Å². The van der Waals surface area contributed by atoms with Crippen molar-refractivity contribution in [1.82, 2.24) is 19.5 Å². The van der Waals surface area contributed by atoms with Crippen LogP contribution in [0.4, 0.5) is 5.82 Å². The summed E-state index contributed by atoms with van der Waals surface area (Å²) in [6.45, 7) is 0.239. The van der Waals surface area contributed by atoms with Crippen LogP contribution < -0.4 is 5.73 Å². The van der Waals surface area contributed by atoms with Crippen molar-refractivity contribution < 1.29 is 10.2 Å². The molecule has 3 atom stereocenters. The summed E-state index contributed by atoms with van der Waals surface area (Å²) in [5.41, 5.74) is 7.16. The second-order valence-corrected chi connectivity index (χ2v) is 5.44. The van der Waals surface area contributed by atoms with Gasteiger partial charge in [0.25, 0.3) is 0 Å². The van der Waals surface area contributed by atoms with Crippen LogP contribution in [0.3, 0.4) is 0 Å². The molecule has 1 aliphatic carbocycles. The van der Waals surface area contributed by atoms with Crippen molar-refractivity contribution in [2.45, 2.75) is 25.3 Å². The molecule has 7 heteroatoms. The van der Waals surface area contributed by atoms with Crippen molar-refractivity contribution >= 4 is 17.0 Å². The lowest BCUT2D eigenvalue weighted by Gasteiger charge is -2.34. The third-order valence-corrected chi connectivity index (χ3v) is 4.36. The number of hydrogen-bond acceptors (Lipinski definition) is 6. The van der Waals surface area contributed by atoms with E-state index in [0.29, 0.717) is 11.3 Å². The van der Waals surface area contributed by atoms with E-state index in [2.05, 4.69) is 15.0 Å². The number of aromatic nitrogens is 4. The third-order valence-electron chi connectivity index (χ3n) is 4.36. The van der Waals surface area contributed by atoms with Gasteiger partial charge in [0, 0.05) is 19.3 Å². The first-order chi connectivity index (χ1) is 9.74. The van der Waals surface area contributed by atoms with Crippen LogP contribution in [-0.4, -0.2) is 42.9 Å². The summed E-state index contributed by atoms with van der Waals surface area (Å²) >= 11 is 0. The molecule has 0 aliphatic heterocycles. The summed E-state index contributed by atoms with van der Waals surface area (Å²) in [5, 5.41) is 18.8.